The average Bonchev–Trinajstić information content (AvgIpc) is 2.43. The molecule has 0 saturated heterocycles. The largest absolute Gasteiger partial charge is 0.513 e. The Morgan fingerprint density at radius 1 is 1.24 bits per heavy atom. The van der Waals surface area contributed by atoms with Gasteiger partial charge in [-0.05, 0) is 11.5 Å². The third-order valence-corrected chi connectivity index (χ3v) is 5.33. The minimum absolute atomic E-state index is 0.108. The van der Waals surface area contributed by atoms with Crippen molar-refractivity contribution in [3.05, 3.63) is 17.2 Å². The number of ether oxygens (including phenoxy) is 3. The molecule has 0 N–H and O–H groups in total. The molecule has 7 heteroatoms. The molecule has 0 saturated carbocycles. The van der Waals surface area contributed by atoms with Crippen LogP contribution in [0, 0.1) is 0 Å². The predicted octanol–water partition coefficient (Wildman–Crippen LogP) is 3.24. The molecule has 0 fully saturated rings. The van der Waals surface area contributed by atoms with Crippen LogP contribution in [0.5, 0.6) is 17.2 Å². The van der Waals surface area contributed by atoms with Crippen molar-refractivity contribution in [2.24, 2.45) is 0 Å². The van der Waals surface area contributed by atoms with Gasteiger partial charge in [-0.25, -0.2) is 0 Å². The number of hydrogen-bond acceptors (Lipinski definition) is 6. The third kappa shape index (κ3) is 5.77. The van der Waals surface area contributed by atoms with E-state index in [2.05, 4.69) is 19.6 Å². The maximum atomic E-state index is 11.6. The van der Waals surface area contributed by atoms with E-state index in [9.17, 15) is 14.7 Å². The second-order valence-corrected chi connectivity index (χ2v) is 13.7. The summed E-state index contributed by atoms with van der Waals surface area (Å²) in [5.41, 5.74) is 0.155. The van der Waals surface area contributed by atoms with Crippen molar-refractivity contribution in [3.63, 3.8) is 0 Å². The Morgan fingerprint density at radius 3 is 2.24 bits per heavy atom. The summed E-state index contributed by atoms with van der Waals surface area (Å²) in [6, 6.07) is 2.30. The monoisotopic (exact) mass is 367 g/mol. The Hall–Kier alpha value is -2.02. The first kappa shape index (κ1) is 21.0. The molecule has 0 heterocycles. The summed E-state index contributed by atoms with van der Waals surface area (Å²) in [6.45, 7) is 12.9. The molecule has 0 amide bonds. The summed E-state index contributed by atoms with van der Waals surface area (Å²) >= 11 is 0. The summed E-state index contributed by atoms with van der Waals surface area (Å²) in [7, 11) is 0.186. The zero-order chi connectivity index (χ0) is 19.4. The van der Waals surface area contributed by atoms with E-state index in [1.54, 1.807) is 0 Å². The average molecular weight is 367 g/mol. The standard InChI is InChI=1S/C18H28O6Si/c1-18(2,3)15-12(11-19)13(24-17(20)21)10-14(16(15)22-4)23-8-9-25(5,6)7/h10-11H,8-9H2,1-7H3,(H,20,21)/p-1. The van der Waals surface area contributed by atoms with Gasteiger partial charge in [0.1, 0.15) is 0 Å². The molecule has 6 nitrogen and oxygen atoms in total. The molecule has 0 radical (unpaired) electrons. The summed E-state index contributed by atoms with van der Waals surface area (Å²) in [5.74, 6) is 0.659. The summed E-state index contributed by atoms with van der Waals surface area (Å²) in [6.07, 6.45) is -1.17. The smallest absolute Gasteiger partial charge is 0.257 e. The zero-order valence-corrected chi connectivity index (χ0v) is 17.0. The maximum Gasteiger partial charge on any atom is 0.257 e. The van der Waals surface area contributed by atoms with E-state index in [1.165, 1.54) is 13.2 Å². The molecule has 0 spiro atoms. The molecule has 0 unspecified atom stereocenters. The van der Waals surface area contributed by atoms with Gasteiger partial charge in [-0.15, -0.1) is 0 Å². The molecule has 0 aliphatic rings. The van der Waals surface area contributed by atoms with Crippen molar-refractivity contribution < 1.29 is 28.9 Å². The Labute approximate surface area is 150 Å². The van der Waals surface area contributed by atoms with Gasteiger partial charge in [0, 0.05) is 25.3 Å². The van der Waals surface area contributed by atoms with Gasteiger partial charge in [0.05, 0.1) is 19.5 Å². The lowest BCUT2D eigenvalue weighted by Crippen LogP contribution is -2.28. The second kappa shape index (κ2) is 7.90. The second-order valence-electron chi connectivity index (χ2n) is 8.07. The molecule has 1 aromatic rings. The quantitative estimate of drug-likeness (QED) is 0.318. The molecule has 1 rings (SSSR count). The molecule has 0 aliphatic heterocycles. The summed E-state index contributed by atoms with van der Waals surface area (Å²) in [4.78, 5) is 22.5. The van der Waals surface area contributed by atoms with Crippen molar-refractivity contribution in [3.8, 4) is 17.2 Å². The van der Waals surface area contributed by atoms with Gasteiger partial charge >= 0.3 is 0 Å². The third-order valence-electron chi connectivity index (χ3n) is 3.62. The van der Waals surface area contributed by atoms with E-state index in [0.29, 0.717) is 30.0 Å². The zero-order valence-electron chi connectivity index (χ0n) is 16.0. The molecule has 140 valence electrons. The number of rotatable bonds is 7. The van der Waals surface area contributed by atoms with E-state index in [4.69, 9.17) is 14.2 Å². The first-order valence-electron chi connectivity index (χ1n) is 8.13. The van der Waals surface area contributed by atoms with Crippen molar-refractivity contribution >= 4 is 20.5 Å². The normalized spacial score (nSPS) is 11.8. The number of carbonyl (C=O) groups excluding carboxylic acids is 2. The highest BCUT2D eigenvalue weighted by atomic mass is 28.3. The highest BCUT2D eigenvalue weighted by molar-refractivity contribution is 6.76. The van der Waals surface area contributed by atoms with Crippen LogP contribution < -0.4 is 19.3 Å². The molecular formula is C18H27O6Si-. The van der Waals surface area contributed by atoms with E-state index >= 15 is 0 Å². The molecular weight excluding hydrogens is 340 g/mol. The molecule has 0 bridgehead atoms. The van der Waals surface area contributed by atoms with E-state index < -0.39 is 19.6 Å². The fourth-order valence-corrected chi connectivity index (χ4v) is 3.16. The number of carboxylic acid groups (broad SMARTS) is 1. The van der Waals surface area contributed by atoms with Gasteiger partial charge in [-0.3, -0.25) is 4.79 Å². The Kier molecular flexibility index (Phi) is 6.65. The Balaban J connectivity index is 3.49. The van der Waals surface area contributed by atoms with Crippen LogP contribution >= 0.6 is 0 Å². The van der Waals surface area contributed by atoms with Gasteiger partial charge in [-0.1, -0.05) is 40.4 Å². The van der Waals surface area contributed by atoms with Crippen LogP contribution in [0.3, 0.4) is 0 Å². The van der Waals surface area contributed by atoms with E-state index in [1.807, 2.05) is 20.8 Å². The van der Waals surface area contributed by atoms with E-state index in [-0.39, 0.29) is 11.3 Å². The van der Waals surface area contributed by atoms with Gasteiger partial charge in [0.2, 0.25) is 0 Å². The lowest BCUT2D eigenvalue weighted by molar-refractivity contribution is -0.271. The van der Waals surface area contributed by atoms with Crippen molar-refractivity contribution in [2.75, 3.05) is 13.7 Å². The Morgan fingerprint density at radius 2 is 1.84 bits per heavy atom. The summed E-state index contributed by atoms with van der Waals surface area (Å²) < 4.78 is 16.1. The SMILES string of the molecule is COc1c(OCC[Si](C)(C)C)cc(OC(=O)[O-])c(C=O)c1C(C)(C)C. The molecule has 0 atom stereocenters. The number of methoxy groups -OCH3 is 1. The van der Waals surface area contributed by atoms with Gasteiger partial charge < -0.3 is 24.1 Å². The fourth-order valence-electron chi connectivity index (χ4n) is 2.44. The first-order valence-corrected chi connectivity index (χ1v) is 11.8. The van der Waals surface area contributed by atoms with Gasteiger partial charge in [-0.2, -0.15) is 0 Å². The predicted molar refractivity (Wildman–Crippen MR) is 96.8 cm³/mol. The van der Waals surface area contributed by atoms with Gasteiger partial charge in [0.15, 0.2) is 17.8 Å². The summed E-state index contributed by atoms with van der Waals surface area (Å²) in [5, 5.41) is 10.9. The van der Waals surface area contributed by atoms with Crippen LogP contribution in [0.25, 0.3) is 0 Å². The number of aldehydes is 1. The van der Waals surface area contributed by atoms with Crippen LogP contribution in [0.1, 0.15) is 36.7 Å². The van der Waals surface area contributed by atoms with Crippen LogP contribution in [0.15, 0.2) is 6.07 Å². The van der Waals surface area contributed by atoms with Crippen LogP contribution in [0.4, 0.5) is 4.79 Å². The number of hydrogen-bond donors (Lipinski definition) is 0. The van der Waals surface area contributed by atoms with Crippen LogP contribution in [-0.4, -0.2) is 34.2 Å². The highest BCUT2D eigenvalue weighted by Gasteiger charge is 2.28. The van der Waals surface area contributed by atoms with Gasteiger partial charge in [0.25, 0.3) is 6.16 Å². The molecule has 1 aromatic carbocycles. The van der Waals surface area contributed by atoms with Crippen molar-refractivity contribution in [1.29, 1.82) is 0 Å². The van der Waals surface area contributed by atoms with Crippen LogP contribution in [-0.2, 0) is 5.41 Å². The molecule has 25 heavy (non-hydrogen) atoms. The maximum absolute atomic E-state index is 11.6. The first-order chi connectivity index (χ1) is 11.4. The fraction of sp³-hybridized carbons (Fsp3) is 0.556. The lowest BCUT2D eigenvalue weighted by Gasteiger charge is -2.28. The van der Waals surface area contributed by atoms with Crippen molar-refractivity contribution in [2.45, 2.75) is 51.9 Å². The molecule has 0 aromatic heterocycles. The Bertz CT molecular complexity index is 640. The minimum atomic E-state index is -1.74. The highest BCUT2D eigenvalue weighted by Crippen LogP contribution is 2.45. The number of benzene rings is 1. The van der Waals surface area contributed by atoms with Crippen LogP contribution in [0.2, 0.25) is 25.7 Å². The minimum Gasteiger partial charge on any atom is -0.513 e. The van der Waals surface area contributed by atoms with Crippen molar-refractivity contribution in [1.82, 2.24) is 0 Å². The van der Waals surface area contributed by atoms with E-state index in [0.717, 1.165) is 6.04 Å². The molecule has 0 aliphatic carbocycles. The lowest BCUT2D eigenvalue weighted by atomic mass is 9.82. The number of carbonyl (C=O) groups is 2. The topological polar surface area (TPSA) is 84.9 Å².